The highest BCUT2D eigenvalue weighted by Crippen LogP contribution is 2.41. The van der Waals surface area contributed by atoms with Crippen molar-refractivity contribution in [3.63, 3.8) is 0 Å². The number of thioether (sulfide) groups is 1. The maximum Gasteiger partial charge on any atom is 0.353 e. The van der Waals surface area contributed by atoms with Crippen molar-refractivity contribution >= 4 is 31.9 Å². The van der Waals surface area contributed by atoms with Crippen molar-refractivity contribution in [3.05, 3.63) is 16.8 Å². The lowest BCUT2D eigenvalue weighted by molar-refractivity contribution is -0.149. The summed E-state index contributed by atoms with van der Waals surface area (Å²) in [5.74, 6) is -0.639. The minimum absolute atomic E-state index is 0.0103. The molecule has 1 aliphatic rings. The van der Waals surface area contributed by atoms with Gasteiger partial charge in [-0.25, -0.2) is 14.9 Å². The van der Waals surface area contributed by atoms with E-state index in [4.69, 9.17) is 15.0 Å². The fraction of sp³-hybridized carbons (Fsp3) is 0.714. The second-order valence-corrected chi connectivity index (χ2v) is 8.86. The second kappa shape index (κ2) is 9.65. The van der Waals surface area contributed by atoms with Gasteiger partial charge in [0.1, 0.15) is 12.4 Å². The van der Waals surface area contributed by atoms with Crippen molar-refractivity contribution in [2.75, 3.05) is 12.3 Å². The molecule has 1 aromatic rings. The van der Waals surface area contributed by atoms with E-state index in [1.54, 1.807) is 13.8 Å². The van der Waals surface area contributed by atoms with Crippen LogP contribution < -0.4 is 16.5 Å². The molecule has 3 unspecified atom stereocenters. The van der Waals surface area contributed by atoms with Gasteiger partial charge in [-0.3, -0.25) is 13.9 Å². The number of nitrogens with one attached hydrogen (secondary N) is 1. The number of ether oxygens (including phenoxy) is 1. The quantitative estimate of drug-likeness (QED) is 0.381. The minimum Gasteiger partial charge on any atom is -0.462 e. The first kappa shape index (κ1) is 21.8. The summed E-state index contributed by atoms with van der Waals surface area (Å²) in [7, 11) is -2.71. The number of hydrogen-bond donors (Lipinski definition) is 3. The molecule has 0 spiro atoms. The van der Waals surface area contributed by atoms with Gasteiger partial charge in [0, 0.05) is 6.42 Å². The van der Waals surface area contributed by atoms with E-state index in [-0.39, 0.29) is 30.5 Å². The summed E-state index contributed by atoms with van der Waals surface area (Å²) < 4.78 is 23.6. The number of nitrogens with zero attached hydrogens (tertiary/aromatic N) is 3. The van der Waals surface area contributed by atoms with Crippen LogP contribution in [0, 0.1) is 0 Å². The molecule has 13 heteroatoms. The van der Waals surface area contributed by atoms with Crippen LogP contribution in [0.2, 0.25) is 0 Å². The van der Waals surface area contributed by atoms with Gasteiger partial charge in [-0.05, 0) is 20.8 Å². The third-order valence-electron chi connectivity index (χ3n) is 3.68. The molecule has 1 saturated heterocycles. The standard InChI is InChI=1S/C14H24N5O6PS/c1-7(2)25-12(21)8(3)18-26(23)24-5-10-9(20)4-11(27-10)19-6-16-13(15)17-14(19)22/h6-11,20,26H,4-5H2,1-3H3,(H,18,23)(H2,15,17,22)/t8-,9?,10?,11+/m0/s1. The third kappa shape index (κ3) is 6.28. The number of hydrogen-bond acceptors (Lipinski definition) is 10. The van der Waals surface area contributed by atoms with E-state index >= 15 is 0 Å². The Kier molecular flexibility index (Phi) is 7.80. The third-order valence-corrected chi connectivity index (χ3v) is 6.31. The van der Waals surface area contributed by atoms with E-state index < -0.39 is 37.2 Å². The predicted octanol–water partition coefficient (Wildman–Crippen LogP) is -0.0785. The van der Waals surface area contributed by atoms with Gasteiger partial charge in [-0.1, -0.05) is 0 Å². The number of aromatic nitrogens is 3. The summed E-state index contributed by atoms with van der Waals surface area (Å²) >= 11 is 1.29. The summed E-state index contributed by atoms with van der Waals surface area (Å²) in [6.45, 7) is 4.95. The molecule has 27 heavy (non-hydrogen) atoms. The van der Waals surface area contributed by atoms with Crippen molar-refractivity contribution < 1.29 is 23.7 Å². The molecule has 1 aromatic heterocycles. The van der Waals surface area contributed by atoms with E-state index in [2.05, 4.69) is 15.1 Å². The summed E-state index contributed by atoms with van der Waals surface area (Å²) in [6, 6.07) is -0.779. The number of anilines is 1. The first-order valence-corrected chi connectivity index (χ1v) is 10.6. The van der Waals surface area contributed by atoms with Crippen LogP contribution >= 0.6 is 19.9 Å². The van der Waals surface area contributed by atoms with Gasteiger partial charge in [0.15, 0.2) is 0 Å². The van der Waals surface area contributed by atoms with Gasteiger partial charge in [-0.2, -0.15) is 4.98 Å². The molecule has 2 heterocycles. The molecule has 11 nitrogen and oxygen atoms in total. The molecular weight excluding hydrogens is 397 g/mol. The van der Waals surface area contributed by atoms with Crippen LogP contribution in [0.5, 0.6) is 0 Å². The van der Waals surface area contributed by atoms with Gasteiger partial charge < -0.3 is 20.1 Å². The Bertz CT molecular complexity index is 747. The Morgan fingerprint density at radius 3 is 2.89 bits per heavy atom. The van der Waals surface area contributed by atoms with Crippen LogP contribution in [0.15, 0.2) is 11.1 Å². The Hall–Kier alpha value is -1.46. The number of rotatable bonds is 8. The first-order valence-electron chi connectivity index (χ1n) is 8.35. The molecule has 0 aliphatic carbocycles. The lowest BCUT2D eigenvalue weighted by atomic mass is 10.2. The number of carbonyl (C=O) groups excluding carboxylic acids is 1. The zero-order chi connectivity index (χ0) is 20.1. The van der Waals surface area contributed by atoms with E-state index in [9.17, 15) is 19.3 Å². The second-order valence-electron chi connectivity index (χ2n) is 6.29. The molecule has 0 amide bonds. The van der Waals surface area contributed by atoms with Crippen molar-refractivity contribution in [1.29, 1.82) is 0 Å². The van der Waals surface area contributed by atoms with Gasteiger partial charge in [0.25, 0.3) is 8.18 Å². The topological polar surface area (TPSA) is 159 Å². The van der Waals surface area contributed by atoms with Gasteiger partial charge in [0.05, 0.1) is 29.4 Å². The Labute approximate surface area is 161 Å². The zero-order valence-electron chi connectivity index (χ0n) is 15.2. The average Bonchev–Trinajstić information content (AvgIpc) is 2.92. The van der Waals surface area contributed by atoms with Gasteiger partial charge >= 0.3 is 11.7 Å². The van der Waals surface area contributed by atoms with Crippen LogP contribution in [0.1, 0.15) is 32.6 Å². The van der Waals surface area contributed by atoms with Crippen LogP contribution in [0.25, 0.3) is 0 Å². The van der Waals surface area contributed by atoms with Crippen LogP contribution in [-0.4, -0.2) is 55.7 Å². The SMILES string of the molecule is CC(C)OC(=O)[C@H](C)N[PH](=O)OCC1S[C@@H](n2cnc(N)nc2=O)CC1O. The summed E-state index contributed by atoms with van der Waals surface area (Å²) in [5.41, 5.74) is 4.81. The Morgan fingerprint density at radius 1 is 1.56 bits per heavy atom. The molecule has 0 bridgehead atoms. The lowest BCUT2D eigenvalue weighted by Gasteiger charge is -2.17. The monoisotopic (exact) mass is 421 g/mol. The van der Waals surface area contributed by atoms with Crippen molar-refractivity contribution in [3.8, 4) is 0 Å². The highest BCUT2D eigenvalue weighted by molar-refractivity contribution is 8.00. The fourth-order valence-corrected chi connectivity index (χ4v) is 4.79. The zero-order valence-corrected chi connectivity index (χ0v) is 17.0. The number of esters is 1. The molecular formula is C14H24N5O6PS. The molecule has 152 valence electrons. The van der Waals surface area contributed by atoms with E-state index in [1.807, 2.05) is 0 Å². The smallest absolute Gasteiger partial charge is 0.353 e. The fourth-order valence-electron chi connectivity index (χ4n) is 2.36. The van der Waals surface area contributed by atoms with Gasteiger partial charge in [-0.15, -0.1) is 11.8 Å². The van der Waals surface area contributed by atoms with Crippen LogP contribution in [0.3, 0.4) is 0 Å². The summed E-state index contributed by atoms with van der Waals surface area (Å²) in [4.78, 5) is 30.9. The first-order chi connectivity index (χ1) is 12.7. The van der Waals surface area contributed by atoms with Crippen molar-refractivity contribution in [2.45, 2.75) is 56.1 Å². The highest BCUT2D eigenvalue weighted by Gasteiger charge is 2.36. The highest BCUT2D eigenvalue weighted by atomic mass is 32.2. The molecule has 0 saturated carbocycles. The number of carbonyl (C=O) groups is 1. The maximum absolute atomic E-state index is 12.0. The van der Waals surface area contributed by atoms with E-state index in [0.717, 1.165) is 0 Å². The molecule has 0 aromatic carbocycles. The van der Waals surface area contributed by atoms with Crippen LogP contribution in [0.4, 0.5) is 5.95 Å². The van der Waals surface area contributed by atoms with Crippen molar-refractivity contribution in [1.82, 2.24) is 19.6 Å². The average molecular weight is 421 g/mol. The van der Waals surface area contributed by atoms with Crippen molar-refractivity contribution in [2.24, 2.45) is 0 Å². The molecule has 5 atom stereocenters. The molecule has 4 N–H and O–H groups in total. The van der Waals surface area contributed by atoms with E-state index in [1.165, 1.54) is 29.6 Å². The molecule has 2 rings (SSSR count). The number of aliphatic hydroxyl groups is 1. The Balaban J connectivity index is 1.84. The van der Waals surface area contributed by atoms with Gasteiger partial charge in [0.2, 0.25) is 5.95 Å². The minimum atomic E-state index is -2.71. The lowest BCUT2D eigenvalue weighted by Crippen LogP contribution is -2.33. The van der Waals surface area contributed by atoms with Crippen LogP contribution in [-0.2, 0) is 18.6 Å². The predicted molar refractivity (Wildman–Crippen MR) is 101 cm³/mol. The Morgan fingerprint density at radius 2 is 2.26 bits per heavy atom. The normalized spacial score (nSPS) is 24.7. The number of nitrogen functional groups attached to an aromatic ring is 1. The maximum atomic E-state index is 12.0. The number of nitrogens with two attached hydrogens (primary N) is 1. The molecule has 0 radical (unpaired) electrons. The summed E-state index contributed by atoms with van der Waals surface area (Å²) in [6.07, 6.45) is 0.539. The van der Waals surface area contributed by atoms with E-state index in [0.29, 0.717) is 0 Å². The number of aliphatic hydroxyl groups excluding tert-OH is 1. The molecule has 1 aliphatic heterocycles. The molecule has 1 fully saturated rings. The summed E-state index contributed by atoms with van der Waals surface area (Å²) in [5, 5.41) is 12.0. The largest absolute Gasteiger partial charge is 0.462 e.